The van der Waals surface area contributed by atoms with Crippen molar-refractivity contribution in [1.82, 2.24) is 15.3 Å². The van der Waals surface area contributed by atoms with Crippen LogP contribution >= 0.6 is 23.2 Å². The largest absolute Gasteiger partial charge is 0.495 e. The van der Waals surface area contributed by atoms with Gasteiger partial charge in [0.1, 0.15) is 27.4 Å². The highest BCUT2D eigenvalue weighted by Gasteiger charge is 2.30. The first-order chi connectivity index (χ1) is 16.9. The smallest absolute Gasteiger partial charge is 0.243 e. The number of amides is 1. The molecule has 4 rings (SSSR count). The molecule has 9 nitrogen and oxygen atoms in total. The van der Waals surface area contributed by atoms with Crippen molar-refractivity contribution in [3.05, 3.63) is 40.5 Å². The summed E-state index contributed by atoms with van der Waals surface area (Å²) in [7, 11) is 5.06. The van der Waals surface area contributed by atoms with Gasteiger partial charge in [0.2, 0.25) is 11.9 Å². The molecule has 1 saturated carbocycles. The second kappa shape index (κ2) is 10.8. The first kappa shape index (κ1) is 25.2. The fraction of sp³-hybridized carbons (Fsp3) is 0.458. The summed E-state index contributed by atoms with van der Waals surface area (Å²) in [5.41, 5.74) is 1.56. The van der Waals surface area contributed by atoms with E-state index in [1.165, 1.54) is 6.08 Å². The zero-order valence-electron chi connectivity index (χ0n) is 20.1. The van der Waals surface area contributed by atoms with Gasteiger partial charge in [-0.05, 0) is 18.9 Å². The average Bonchev–Trinajstić information content (AvgIpc) is 2.86. The summed E-state index contributed by atoms with van der Waals surface area (Å²) in [6, 6.07) is 1.74. The first-order valence-corrected chi connectivity index (χ1v) is 12.2. The van der Waals surface area contributed by atoms with E-state index >= 15 is 0 Å². The Morgan fingerprint density at radius 3 is 2.46 bits per heavy atom. The summed E-state index contributed by atoms with van der Waals surface area (Å²) >= 11 is 13.3. The summed E-state index contributed by atoms with van der Waals surface area (Å²) in [5, 5.41) is 7.29. The van der Waals surface area contributed by atoms with Gasteiger partial charge in [0, 0.05) is 43.5 Å². The number of nitrogens with zero attached hydrogens (tertiary/aromatic N) is 4. The minimum Gasteiger partial charge on any atom is -0.495 e. The quantitative estimate of drug-likeness (QED) is 0.523. The van der Waals surface area contributed by atoms with Gasteiger partial charge in [-0.15, -0.1) is 0 Å². The lowest BCUT2D eigenvalue weighted by Gasteiger charge is -2.38. The average molecular weight is 521 g/mol. The van der Waals surface area contributed by atoms with Crippen LogP contribution in [0.2, 0.25) is 10.0 Å². The SMILES string of the molecule is C=CC(=O)NC1CCCCC1Nc1ncc2c(n1)N(C)CN(c1c(Cl)c(OC)cc(OC)c1Cl)C2. The number of hydrogen-bond acceptors (Lipinski definition) is 8. The summed E-state index contributed by atoms with van der Waals surface area (Å²) in [5.74, 6) is 2.16. The Labute approximate surface area is 215 Å². The third kappa shape index (κ3) is 5.21. The van der Waals surface area contributed by atoms with Crippen molar-refractivity contribution in [3.63, 3.8) is 0 Å². The second-order valence-corrected chi connectivity index (χ2v) is 9.45. The number of carbonyl (C=O) groups is 1. The van der Waals surface area contributed by atoms with Crippen LogP contribution in [0, 0.1) is 0 Å². The fourth-order valence-electron chi connectivity index (χ4n) is 4.67. The number of ether oxygens (including phenoxy) is 2. The molecule has 11 heteroatoms. The maximum absolute atomic E-state index is 11.9. The third-order valence-electron chi connectivity index (χ3n) is 6.41. The molecule has 2 heterocycles. The molecule has 1 aromatic heterocycles. The lowest BCUT2D eigenvalue weighted by molar-refractivity contribution is -0.117. The van der Waals surface area contributed by atoms with Gasteiger partial charge in [-0.1, -0.05) is 42.6 Å². The summed E-state index contributed by atoms with van der Waals surface area (Å²) < 4.78 is 10.8. The monoisotopic (exact) mass is 520 g/mol. The number of anilines is 3. The second-order valence-electron chi connectivity index (χ2n) is 8.69. The standard InChI is InChI=1S/C24H30Cl2N6O3/c1-5-19(33)28-15-8-6-7-9-16(15)29-24-27-11-14-12-32(13-31(2)23(14)30-24)22-20(25)17(34-3)10-18(35-4)21(22)26/h5,10-11,15-16H,1,6-9,12-13H2,2-4H3,(H,28,33)(H,27,29,30). The van der Waals surface area contributed by atoms with E-state index in [9.17, 15) is 4.79 Å². The normalized spacial score (nSPS) is 19.6. The van der Waals surface area contributed by atoms with Crippen molar-refractivity contribution in [2.75, 3.05) is 43.1 Å². The Morgan fingerprint density at radius 1 is 1.17 bits per heavy atom. The van der Waals surface area contributed by atoms with Crippen LogP contribution in [0.3, 0.4) is 0 Å². The molecule has 2 aliphatic rings. The maximum atomic E-state index is 11.9. The molecular weight excluding hydrogens is 491 g/mol. The van der Waals surface area contributed by atoms with Crippen molar-refractivity contribution >= 4 is 46.6 Å². The molecule has 1 fully saturated rings. The maximum Gasteiger partial charge on any atom is 0.243 e. The molecule has 2 aromatic rings. The highest BCUT2D eigenvalue weighted by molar-refractivity contribution is 6.41. The highest BCUT2D eigenvalue weighted by atomic mass is 35.5. The number of hydrogen-bond donors (Lipinski definition) is 2. The van der Waals surface area contributed by atoms with Gasteiger partial charge in [0.15, 0.2) is 0 Å². The number of rotatable bonds is 7. The summed E-state index contributed by atoms with van der Waals surface area (Å²) in [6.07, 6.45) is 7.11. The van der Waals surface area contributed by atoms with Crippen molar-refractivity contribution in [2.24, 2.45) is 0 Å². The zero-order chi connectivity index (χ0) is 25.1. The molecule has 2 N–H and O–H groups in total. The van der Waals surface area contributed by atoms with Crippen LogP contribution in [0.15, 0.2) is 24.9 Å². The van der Waals surface area contributed by atoms with Gasteiger partial charge in [-0.3, -0.25) is 4.79 Å². The van der Waals surface area contributed by atoms with E-state index in [1.54, 1.807) is 20.3 Å². The number of aromatic nitrogens is 2. The number of carbonyl (C=O) groups excluding carboxylic acids is 1. The van der Waals surface area contributed by atoms with Gasteiger partial charge < -0.3 is 29.9 Å². The summed E-state index contributed by atoms with van der Waals surface area (Å²) in [6.45, 7) is 4.56. The molecule has 2 unspecified atom stereocenters. The van der Waals surface area contributed by atoms with Gasteiger partial charge in [0.05, 0.1) is 26.6 Å². The molecule has 1 aliphatic carbocycles. The minimum atomic E-state index is -0.165. The van der Waals surface area contributed by atoms with Crippen molar-refractivity contribution < 1.29 is 14.3 Å². The number of benzene rings is 1. The molecule has 35 heavy (non-hydrogen) atoms. The number of methoxy groups -OCH3 is 2. The number of fused-ring (bicyclic) bond motifs is 1. The van der Waals surface area contributed by atoms with Gasteiger partial charge in [-0.2, -0.15) is 4.98 Å². The van der Waals surface area contributed by atoms with Crippen molar-refractivity contribution in [1.29, 1.82) is 0 Å². The van der Waals surface area contributed by atoms with E-state index in [1.807, 2.05) is 23.0 Å². The van der Waals surface area contributed by atoms with Gasteiger partial charge in [-0.25, -0.2) is 4.98 Å². The number of nitrogens with one attached hydrogen (secondary N) is 2. The van der Waals surface area contributed by atoms with Crippen LogP contribution < -0.4 is 29.9 Å². The number of halogens is 2. The van der Waals surface area contributed by atoms with Crippen LogP contribution in [0.1, 0.15) is 31.2 Å². The molecule has 1 amide bonds. The Morgan fingerprint density at radius 2 is 1.83 bits per heavy atom. The van der Waals surface area contributed by atoms with Crippen LogP contribution in [0.4, 0.5) is 17.5 Å². The van der Waals surface area contributed by atoms with E-state index in [0.717, 1.165) is 37.1 Å². The molecule has 1 aromatic carbocycles. The Bertz CT molecular complexity index is 1090. The lowest BCUT2D eigenvalue weighted by Crippen LogP contribution is -2.48. The Balaban J connectivity index is 1.57. The van der Waals surface area contributed by atoms with Crippen molar-refractivity contribution in [2.45, 2.75) is 44.3 Å². The Hall–Kier alpha value is -2.91. The van der Waals surface area contributed by atoms with Crippen LogP contribution in [0.5, 0.6) is 11.5 Å². The van der Waals surface area contributed by atoms with E-state index in [0.29, 0.717) is 46.4 Å². The molecular formula is C24H30Cl2N6O3. The molecule has 0 spiro atoms. The van der Waals surface area contributed by atoms with E-state index in [4.69, 9.17) is 37.7 Å². The van der Waals surface area contributed by atoms with Crippen LogP contribution in [-0.4, -0.2) is 55.9 Å². The topological polar surface area (TPSA) is 91.8 Å². The molecule has 1 aliphatic heterocycles. The van der Waals surface area contributed by atoms with E-state index in [2.05, 4.69) is 22.2 Å². The van der Waals surface area contributed by atoms with E-state index < -0.39 is 0 Å². The predicted octanol–water partition coefficient (Wildman–Crippen LogP) is 4.24. The molecule has 0 bridgehead atoms. The first-order valence-electron chi connectivity index (χ1n) is 11.5. The predicted molar refractivity (Wildman–Crippen MR) is 139 cm³/mol. The van der Waals surface area contributed by atoms with Gasteiger partial charge in [0.25, 0.3) is 0 Å². The van der Waals surface area contributed by atoms with Crippen LogP contribution in [-0.2, 0) is 11.3 Å². The molecule has 0 radical (unpaired) electrons. The van der Waals surface area contributed by atoms with Crippen molar-refractivity contribution in [3.8, 4) is 11.5 Å². The molecule has 0 saturated heterocycles. The van der Waals surface area contributed by atoms with Crippen LogP contribution in [0.25, 0.3) is 0 Å². The fourth-order valence-corrected chi connectivity index (χ4v) is 5.41. The minimum absolute atomic E-state index is 0.00873. The van der Waals surface area contributed by atoms with E-state index in [-0.39, 0.29) is 18.0 Å². The Kier molecular flexibility index (Phi) is 7.76. The molecule has 2 atom stereocenters. The third-order valence-corrected chi connectivity index (χ3v) is 7.14. The van der Waals surface area contributed by atoms with Gasteiger partial charge >= 0.3 is 0 Å². The summed E-state index contributed by atoms with van der Waals surface area (Å²) in [4.78, 5) is 25.3. The lowest BCUT2D eigenvalue weighted by atomic mass is 9.90. The highest BCUT2D eigenvalue weighted by Crippen LogP contribution is 2.47. The zero-order valence-corrected chi connectivity index (χ0v) is 21.6. The molecule has 188 valence electrons.